The van der Waals surface area contributed by atoms with Crippen LogP contribution in [0.25, 0.3) is 0 Å². The lowest BCUT2D eigenvalue weighted by Crippen LogP contribution is -2.16. The number of hydrogen-bond acceptors (Lipinski definition) is 4. The van der Waals surface area contributed by atoms with E-state index in [0.29, 0.717) is 19.6 Å². The lowest BCUT2D eigenvalue weighted by Gasteiger charge is -2.11. The maximum Gasteiger partial charge on any atom is 0.308 e. The van der Waals surface area contributed by atoms with E-state index in [4.69, 9.17) is 9.47 Å². The van der Waals surface area contributed by atoms with Gasteiger partial charge in [-0.25, -0.2) is 0 Å². The van der Waals surface area contributed by atoms with E-state index in [1.54, 1.807) is 18.3 Å². The van der Waals surface area contributed by atoms with E-state index in [0.717, 1.165) is 0 Å². The SMILES string of the molecule is CCOC(=O)CC(C)OCc1cccs1. The minimum atomic E-state index is -0.198. The van der Waals surface area contributed by atoms with Crippen molar-refractivity contribution in [1.82, 2.24) is 0 Å². The first-order valence-corrected chi connectivity index (χ1v) is 5.90. The van der Waals surface area contributed by atoms with Crippen LogP contribution in [0.15, 0.2) is 17.5 Å². The van der Waals surface area contributed by atoms with Crippen LogP contribution in [-0.4, -0.2) is 18.7 Å². The molecule has 0 saturated carbocycles. The molecule has 4 heteroatoms. The molecule has 0 amide bonds. The second-order valence-corrected chi connectivity index (χ2v) is 4.24. The van der Waals surface area contributed by atoms with Gasteiger partial charge in [-0.1, -0.05) is 6.07 Å². The molecule has 0 fully saturated rings. The summed E-state index contributed by atoms with van der Waals surface area (Å²) in [7, 11) is 0. The van der Waals surface area contributed by atoms with Crippen molar-refractivity contribution in [3.63, 3.8) is 0 Å². The summed E-state index contributed by atoms with van der Waals surface area (Å²) < 4.78 is 10.3. The van der Waals surface area contributed by atoms with Crippen LogP contribution in [0.2, 0.25) is 0 Å². The zero-order chi connectivity index (χ0) is 11.1. The fraction of sp³-hybridized carbons (Fsp3) is 0.545. The smallest absolute Gasteiger partial charge is 0.308 e. The predicted molar refractivity (Wildman–Crippen MR) is 59.8 cm³/mol. The van der Waals surface area contributed by atoms with Crippen LogP contribution in [0.1, 0.15) is 25.1 Å². The Morgan fingerprint density at radius 3 is 3.00 bits per heavy atom. The standard InChI is InChI=1S/C11H16O3S/c1-3-13-11(12)7-9(2)14-8-10-5-4-6-15-10/h4-6,9H,3,7-8H2,1-2H3. The first-order chi connectivity index (χ1) is 7.22. The number of thiophene rings is 1. The summed E-state index contributed by atoms with van der Waals surface area (Å²) >= 11 is 1.65. The Bertz CT molecular complexity index is 282. The third-order valence-corrected chi connectivity index (χ3v) is 2.70. The monoisotopic (exact) mass is 228 g/mol. The zero-order valence-electron chi connectivity index (χ0n) is 9.06. The first-order valence-electron chi connectivity index (χ1n) is 5.02. The zero-order valence-corrected chi connectivity index (χ0v) is 9.88. The van der Waals surface area contributed by atoms with Crippen LogP contribution in [0, 0.1) is 0 Å². The highest BCUT2D eigenvalue weighted by Crippen LogP contribution is 2.11. The lowest BCUT2D eigenvalue weighted by molar-refractivity contribution is -0.146. The van der Waals surface area contributed by atoms with Gasteiger partial charge in [-0.3, -0.25) is 4.79 Å². The summed E-state index contributed by atoms with van der Waals surface area (Å²) in [6.45, 7) is 4.67. The summed E-state index contributed by atoms with van der Waals surface area (Å²) in [5.41, 5.74) is 0. The van der Waals surface area contributed by atoms with Gasteiger partial charge < -0.3 is 9.47 Å². The van der Waals surface area contributed by atoms with Gasteiger partial charge in [0.25, 0.3) is 0 Å². The van der Waals surface area contributed by atoms with Crippen molar-refractivity contribution in [3.05, 3.63) is 22.4 Å². The molecule has 84 valence electrons. The van der Waals surface area contributed by atoms with Crippen molar-refractivity contribution >= 4 is 17.3 Å². The maximum atomic E-state index is 11.1. The second kappa shape index (κ2) is 6.58. The van der Waals surface area contributed by atoms with Gasteiger partial charge in [0.2, 0.25) is 0 Å². The molecule has 0 bridgehead atoms. The Balaban J connectivity index is 2.18. The molecule has 0 aliphatic rings. The van der Waals surface area contributed by atoms with Gasteiger partial charge in [0.05, 0.1) is 25.7 Å². The molecule has 1 aromatic heterocycles. The van der Waals surface area contributed by atoms with Crippen LogP contribution in [0.4, 0.5) is 0 Å². The Morgan fingerprint density at radius 2 is 2.40 bits per heavy atom. The van der Waals surface area contributed by atoms with Crippen LogP contribution >= 0.6 is 11.3 Å². The van der Waals surface area contributed by atoms with Gasteiger partial charge >= 0.3 is 5.97 Å². The number of hydrogen-bond donors (Lipinski definition) is 0. The highest BCUT2D eigenvalue weighted by Gasteiger charge is 2.10. The molecule has 1 atom stereocenters. The molecule has 1 unspecified atom stereocenters. The van der Waals surface area contributed by atoms with Crippen molar-refractivity contribution in [2.24, 2.45) is 0 Å². The number of esters is 1. The topological polar surface area (TPSA) is 35.5 Å². The molecular weight excluding hydrogens is 212 g/mol. The highest BCUT2D eigenvalue weighted by atomic mass is 32.1. The van der Waals surface area contributed by atoms with E-state index in [9.17, 15) is 4.79 Å². The molecule has 1 heterocycles. The van der Waals surface area contributed by atoms with E-state index < -0.39 is 0 Å². The van der Waals surface area contributed by atoms with Crippen molar-refractivity contribution in [3.8, 4) is 0 Å². The van der Waals surface area contributed by atoms with Crippen LogP contribution in [-0.2, 0) is 20.9 Å². The van der Waals surface area contributed by atoms with Crippen molar-refractivity contribution in [1.29, 1.82) is 0 Å². The molecule has 1 aromatic rings. The maximum absolute atomic E-state index is 11.1. The molecular formula is C11H16O3S. The van der Waals surface area contributed by atoms with Crippen LogP contribution in [0.5, 0.6) is 0 Å². The summed E-state index contributed by atoms with van der Waals surface area (Å²) in [5, 5.41) is 2.01. The summed E-state index contributed by atoms with van der Waals surface area (Å²) in [5.74, 6) is -0.198. The molecule has 3 nitrogen and oxygen atoms in total. The Morgan fingerprint density at radius 1 is 1.60 bits per heavy atom. The van der Waals surface area contributed by atoms with Crippen molar-refractivity contribution < 1.29 is 14.3 Å². The predicted octanol–water partition coefficient (Wildman–Crippen LogP) is 2.61. The fourth-order valence-corrected chi connectivity index (χ4v) is 1.76. The quantitative estimate of drug-likeness (QED) is 0.702. The van der Waals surface area contributed by atoms with Crippen molar-refractivity contribution in [2.75, 3.05) is 6.61 Å². The average molecular weight is 228 g/mol. The van der Waals surface area contributed by atoms with E-state index >= 15 is 0 Å². The fourth-order valence-electron chi connectivity index (χ4n) is 1.13. The Labute approximate surface area is 94.0 Å². The molecule has 0 spiro atoms. The third kappa shape index (κ3) is 4.95. The number of rotatable bonds is 6. The molecule has 0 aromatic carbocycles. The lowest BCUT2D eigenvalue weighted by atomic mass is 10.3. The van der Waals surface area contributed by atoms with Gasteiger partial charge in [-0.15, -0.1) is 11.3 Å². The van der Waals surface area contributed by atoms with E-state index in [-0.39, 0.29) is 12.1 Å². The number of carbonyl (C=O) groups excluding carboxylic acids is 1. The molecule has 0 saturated heterocycles. The Kier molecular flexibility index (Phi) is 5.36. The third-order valence-electron chi connectivity index (χ3n) is 1.85. The minimum Gasteiger partial charge on any atom is -0.466 e. The summed E-state index contributed by atoms with van der Waals surface area (Å²) in [4.78, 5) is 12.3. The first kappa shape index (κ1) is 12.2. The van der Waals surface area contributed by atoms with E-state index in [2.05, 4.69) is 0 Å². The van der Waals surface area contributed by atoms with Gasteiger partial charge in [0, 0.05) is 4.88 Å². The molecule has 15 heavy (non-hydrogen) atoms. The molecule has 0 aliphatic carbocycles. The van der Waals surface area contributed by atoms with Crippen LogP contribution in [0.3, 0.4) is 0 Å². The minimum absolute atomic E-state index is 0.0915. The highest BCUT2D eigenvalue weighted by molar-refractivity contribution is 7.09. The summed E-state index contributed by atoms with van der Waals surface area (Å²) in [6.07, 6.45) is 0.227. The van der Waals surface area contributed by atoms with Gasteiger partial charge in [0.1, 0.15) is 0 Å². The number of carbonyl (C=O) groups is 1. The van der Waals surface area contributed by atoms with Gasteiger partial charge in [-0.05, 0) is 25.3 Å². The molecule has 1 rings (SSSR count). The summed E-state index contributed by atoms with van der Waals surface area (Å²) in [6, 6.07) is 4.00. The van der Waals surface area contributed by atoms with Crippen molar-refractivity contribution in [2.45, 2.75) is 33.0 Å². The normalized spacial score (nSPS) is 12.4. The molecule has 0 aliphatic heterocycles. The second-order valence-electron chi connectivity index (χ2n) is 3.21. The van der Waals surface area contributed by atoms with E-state index in [1.165, 1.54) is 4.88 Å². The molecule has 0 N–H and O–H groups in total. The Hall–Kier alpha value is -0.870. The molecule has 0 radical (unpaired) electrons. The van der Waals surface area contributed by atoms with Crippen LogP contribution < -0.4 is 0 Å². The number of ether oxygens (including phenoxy) is 2. The van der Waals surface area contributed by atoms with Gasteiger partial charge in [-0.2, -0.15) is 0 Å². The van der Waals surface area contributed by atoms with Gasteiger partial charge in [0.15, 0.2) is 0 Å². The average Bonchev–Trinajstić information content (AvgIpc) is 2.67. The van der Waals surface area contributed by atoms with E-state index in [1.807, 2.05) is 24.4 Å². The largest absolute Gasteiger partial charge is 0.466 e.